The highest BCUT2D eigenvalue weighted by Gasteiger charge is 2.31. The van der Waals surface area contributed by atoms with Gasteiger partial charge in [0, 0.05) is 58.2 Å². The van der Waals surface area contributed by atoms with Crippen LogP contribution in [0.25, 0.3) is 5.69 Å². The van der Waals surface area contributed by atoms with Crippen LogP contribution in [0.3, 0.4) is 0 Å². The third-order valence-corrected chi connectivity index (χ3v) is 5.60. The Morgan fingerprint density at radius 1 is 1.14 bits per heavy atom. The number of aryl methyl sites for hydroxylation is 1. The van der Waals surface area contributed by atoms with Gasteiger partial charge in [-0.1, -0.05) is 6.07 Å². The molecule has 0 aliphatic carbocycles. The molecule has 2 heterocycles. The van der Waals surface area contributed by atoms with E-state index in [1.165, 1.54) is 30.0 Å². The number of methoxy groups -OCH3 is 1. The normalized spacial score (nSPS) is 14.7. The molecule has 3 rings (SSSR count). The summed E-state index contributed by atoms with van der Waals surface area (Å²) in [6.45, 7) is 4.24. The molecule has 0 atom stereocenters. The van der Waals surface area contributed by atoms with Gasteiger partial charge in [-0.3, -0.25) is 19.3 Å². The van der Waals surface area contributed by atoms with E-state index < -0.39 is 23.1 Å². The number of halogens is 3. The van der Waals surface area contributed by atoms with Crippen LogP contribution in [0.2, 0.25) is 0 Å². The zero-order valence-electron chi connectivity index (χ0n) is 19.6. The van der Waals surface area contributed by atoms with Crippen molar-refractivity contribution in [2.24, 2.45) is 0 Å². The van der Waals surface area contributed by atoms with Gasteiger partial charge in [0.1, 0.15) is 0 Å². The largest absolute Gasteiger partial charge is 0.416 e. The number of aromatic nitrogens is 2. The van der Waals surface area contributed by atoms with Gasteiger partial charge in [-0.2, -0.15) is 18.3 Å². The molecule has 9 nitrogen and oxygen atoms in total. The summed E-state index contributed by atoms with van der Waals surface area (Å²) in [5.41, 5.74) is -1.44. The summed E-state index contributed by atoms with van der Waals surface area (Å²) in [6, 6.07) is 5.70. The molecule has 1 aromatic heterocycles. The molecular formula is C23H28F3N5O4. The Kier molecular flexibility index (Phi) is 8.62. The maximum absolute atomic E-state index is 13.1. The lowest BCUT2D eigenvalue weighted by Crippen LogP contribution is -2.52. The van der Waals surface area contributed by atoms with Gasteiger partial charge in [-0.25, -0.2) is 4.68 Å². The van der Waals surface area contributed by atoms with E-state index in [4.69, 9.17) is 4.74 Å². The van der Waals surface area contributed by atoms with Crippen LogP contribution in [-0.4, -0.2) is 84.4 Å². The lowest BCUT2D eigenvalue weighted by molar-refractivity contribution is -0.137. The Hall–Kier alpha value is -3.25. The smallest absolute Gasteiger partial charge is 0.385 e. The highest BCUT2D eigenvalue weighted by Crippen LogP contribution is 2.30. The van der Waals surface area contributed by atoms with E-state index >= 15 is 0 Å². The van der Waals surface area contributed by atoms with Crippen LogP contribution >= 0.6 is 0 Å². The second kappa shape index (κ2) is 11.5. The van der Waals surface area contributed by atoms with Gasteiger partial charge in [0.25, 0.3) is 5.91 Å². The molecular weight excluding hydrogens is 467 g/mol. The van der Waals surface area contributed by atoms with Gasteiger partial charge < -0.3 is 15.0 Å². The topological polar surface area (TPSA) is 96.8 Å². The van der Waals surface area contributed by atoms with Crippen LogP contribution in [0.15, 0.2) is 35.1 Å². The number of ether oxygens (including phenoxy) is 1. The Morgan fingerprint density at radius 2 is 1.86 bits per heavy atom. The fourth-order valence-corrected chi connectivity index (χ4v) is 3.73. The van der Waals surface area contributed by atoms with E-state index in [1.54, 1.807) is 7.11 Å². The first-order chi connectivity index (χ1) is 16.6. The standard InChI is InChI=1S/C23H28F3N5O4/c1-16-13-19(32)21(28-31(16)18-6-3-5-17(14-18)23(24,25)26)22(34)30-10-8-29(9-11-30)15-20(33)27-7-4-12-35-2/h3,5-6,13-14H,4,7-12,15H2,1-2H3,(H,27,33). The molecule has 1 fully saturated rings. The highest BCUT2D eigenvalue weighted by molar-refractivity contribution is 5.92. The number of rotatable bonds is 8. The zero-order chi connectivity index (χ0) is 25.6. The summed E-state index contributed by atoms with van der Waals surface area (Å²) in [7, 11) is 1.59. The van der Waals surface area contributed by atoms with Gasteiger partial charge >= 0.3 is 6.18 Å². The van der Waals surface area contributed by atoms with Crippen LogP contribution in [0, 0.1) is 6.92 Å². The van der Waals surface area contributed by atoms with Gasteiger partial charge in [-0.15, -0.1) is 0 Å². The maximum Gasteiger partial charge on any atom is 0.416 e. The van der Waals surface area contributed by atoms with Crippen molar-refractivity contribution in [1.29, 1.82) is 0 Å². The number of piperazine rings is 1. The number of nitrogens with zero attached hydrogens (tertiary/aromatic N) is 4. The summed E-state index contributed by atoms with van der Waals surface area (Å²) in [6.07, 6.45) is -3.83. The first-order valence-electron chi connectivity index (χ1n) is 11.2. The lowest BCUT2D eigenvalue weighted by Gasteiger charge is -2.34. The number of carbonyl (C=O) groups is 2. The predicted molar refractivity (Wildman–Crippen MR) is 121 cm³/mol. The molecule has 1 saturated heterocycles. The number of hydrogen-bond donors (Lipinski definition) is 1. The van der Waals surface area contributed by atoms with Crippen molar-refractivity contribution in [3.05, 3.63) is 57.5 Å². The molecule has 1 aromatic carbocycles. The lowest BCUT2D eigenvalue weighted by atomic mass is 10.2. The second-order valence-electron chi connectivity index (χ2n) is 8.22. The van der Waals surface area contributed by atoms with Gasteiger partial charge in [0.2, 0.25) is 11.3 Å². The molecule has 1 aliphatic rings. The highest BCUT2D eigenvalue weighted by atomic mass is 19.4. The van der Waals surface area contributed by atoms with E-state index in [-0.39, 0.29) is 36.9 Å². The van der Waals surface area contributed by atoms with Crippen molar-refractivity contribution >= 4 is 11.8 Å². The third-order valence-electron chi connectivity index (χ3n) is 5.60. The molecule has 2 aromatic rings. The summed E-state index contributed by atoms with van der Waals surface area (Å²) < 4.78 is 45.5. The fourth-order valence-electron chi connectivity index (χ4n) is 3.73. The van der Waals surface area contributed by atoms with Crippen molar-refractivity contribution in [2.45, 2.75) is 19.5 Å². The molecule has 0 saturated carbocycles. The first-order valence-corrected chi connectivity index (χ1v) is 11.2. The molecule has 0 bridgehead atoms. The van der Waals surface area contributed by atoms with E-state index in [9.17, 15) is 27.6 Å². The summed E-state index contributed by atoms with van der Waals surface area (Å²) in [4.78, 5) is 41.0. The molecule has 190 valence electrons. The number of amides is 2. The van der Waals surface area contributed by atoms with E-state index in [2.05, 4.69) is 10.4 Å². The third kappa shape index (κ3) is 6.89. The quantitative estimate of drug-likeness (QED) is 0.558. The Morgan fingerprint density at radius 3 is 2.51 bits per heavy atom. The van der Waals surface area contributed by atoms with Crippen molar-refractivity contribution in [2.75, 3.05) is 53.0 Å². The van der Waals surface area contributed by atoms with Crippen molar-refractivity contribution in [1.82, 2.24) is 24.9 Å². The van der Waals surface area contributed by atoms with Crippen molar-refractivity contribution in [3.8, 4) is 5.69 Å². The van der Waals surface area contributed by atoms with Crippen LogP contribution < -0.4 is 10.7 Å². The van der Waals surface area contributed by atoms with E-state index in [0.29, 0.717) is 38.4 Å². The number of carbonyl (C=O) groups excluding carboxylic acids is 2. The molecule has 12 heteroatoms. The summed E-state index contributed by atoms with van der Waals surface area (Å²) in [5.74, 6) is -0.718. The first kappa shape index (κ1) is 26.4. The molecule has 2 amide bonds. The summed E-state index contributed by atoms with van der Waals surface area (Å²) in [5, 5.41) is 6.92. The van der Waals surface area contributed by atoms with Gasteiger partial charge in [0.15, 0.2) is 5.69 Å². The minimum absolute atomic E-state index is 0.0905. The van der Waals surface area contributed by atoms with Crippen LogP contribution in [0.4, 0.5) is 13.2 Å². The van der Waals surface area contributed by atoms with Crippen LogP contribution in [-0.2, 0) is 15.7 Å². The number of benzene rings is 1. The predicted octanol–water partition coefficient (Wildman–Crippen LogP) is 1.47. The Balaban J connectivity index is 1.68. The van der Waals surface area contributed by atoms with Crippen LogP contribution in [0.5, 0.6) is 0 Å². The zero-order valence-corrected chi connectivity index (χ0v) is 19.6. The average Bonchev–Trinajstić information content (AvgIpc) is 2.81. The maximum atomic E-state index is 13.1. The molecule has 0 radical (unpaired) electrons. The Bertz CT molecular complexity index is 1110. The number of hydrogen-bond acceptors (Lipinski definition) is 6. The fraction of sp³-hybridized carbons (Fsp3) is 0.478. The van der Waals surface area contributed by atoms with Gasteiger partial charge in [-0.05, 0) is 31.5 Å². The average molecular weight is 496 g/mol. The number of alkyl halides is 3. The number of nitrogens with one attached hydrogen (secondary N) is 1. The monoisotopic (exact) mass is 495 g/mol. The van der Waals surface area contributed by atoms with Crippen LogP contribution in [0.1, 0.15) is 28.2 Å². The Labute approximate surface area is 200 Å². The van der Waals surface area contributed by atoms with Crippen molar-refractivity contribution in [3.63, 3.8) is 0 Å². The minimum Gasteiger partial charge on any atom is -0.385 e. The van der Waals surface area contributed by atoms with E-state index in [1.807, 2.05) is 4.90 Å². The SMILES string of the molecule is COCCCNC(=O)CN1CCN(C(=O)c2nn(-c3cccc(C(F)(F)F)c3)c(C)cc2=O)CC1. The minimum atomic E-state index is -4.54. The van der Waals surface area contributed by atoms with Crippen molar-refractivity contribution < 1.29 is 27.5 Å². The molecule has 1 N–H and O–H groups in total. The summed E-state index contributed by atoms with van der Waals surface area (Å²) >= 11 is 0. The van der Waals surface area contributed by atoms with Gasteiger partial charge in [0.05, 0.1) is 17.8 Å². The molecule has 35 heavy (non-hydrogen) atoms. The second-order valence-corrected chi connectivity index (χ2v) is 8.22. The molecule has 0 unspecified atom stereocenters. The molecule has 0 spiro atoms. The van der Waals surface area contributed by atoms with E-state index in [0.717, 1.165) is 16.8 Å². The molecule has 1 aliphatic heterocycles.